The molecular weight excluding hydrogens is 246 g/mol. The number of benzene rings is 1. The van der Waals surface area contributed by atoms with Gasteiger partial charge < -0.3 is 9.88 Å². The third-order valence-electron chi connectivity index (χ3n) is 2.65. The van der Waals surface area contributed by atoms with E-state index in [9.17, 15) is 14.4 Å². The van der Waals surface area contributed by atoms with Crippen molar-refractivity contribution in [3.63, 3.8) is 0 Å². The zero-order chi connectivity index (χ0) is 13.8. The van der Waals surface area contributed by atoms with Crippen molar-refractivity contribution in [1.82, 2.24) is 14.9 Å². The normalized spacial score (nSPS) is 10.2. The molecule has 1 amide bonds. The van der Waals surface area contributed by atoms with E-state index >= 15 is 0 Å². The predicted molar refractivity (Wildman–Crippen MR) is 69.9 cm³/mol. The molecule has 0 bridgehead atoms. The van der Waals surface area contributed by atoms with Gasteiger partial charge in [0.05, 0.1) is 0 Å². The van der Waals surface area contributed by atoms with Crippen molar-refractivity contribution < 1.29 is 4.79 Å². The quantitative estimate of drug-likeness (QED) is 0.814. The van der Waals surface area contributed by atoms with Gasteiger partial charge in [-0.3, -0.25) is 14.6 Å². The number of hydrogen-bond donors (Lipinski definition) is 2. The van der Waals surface area contributed by atoms with Gasteiger partial charge in [0.25, 0.3) is 11.5 Å². The second-order valence-corrected chi connectivity index (χ2v) is 4.08. The average molecular weight is 259 g/mol. The maximum absolute atomic E-state index is 11.9. The number of hydrogen-bond acceptors (Lipinski definition) is 3. The van der Waals surface area contributed by atoms with E-state index in [1.54, 1.807) is 0 Å². The summed E-state index contributed by atoms with van der Waals surface area (Å²) in [6.07, 6.45) is 1.22. The third kappa shape index (κ3) is 2.98. The number of amides is 1. The van der Waals surface area contributed by atoms with Gasteiger partial charge in [0.1, 0.15) is 5.56 Å². The second-order valence-electron chi connectivity index (χ2n) is 4.08. The zero-order valence-corrected chi connectivity index (χ0v) is 10.3. The molecule has 19 heavy (non-hydrogen) atoms. The molecular formula is C13H13N3O3. The molecule has 1 heterocycles. The van der Waals surface area contributed by atoms with Gasteiger partial charge in [0.15, 0.2) is 0 Å². The van der Waals surface area contributed by atoms with E-state index in [4.69, 9.17) is 0 Å². The maximum atomic E-state index is 11.9. The van der Waals surface area contributed by atoms with E-state index in [0.717, 1.165) is 10.1 Å². The number of carbonyl (C=O) groups excluding carboxylic acids is 1. The first kappa shape index (κ1) is 12.8. The van der Waals surface area contributed by atoms with E-state index in [0.29, 0.717) is 6.54 Å². The number of aromatic amines is 1. The highest BCUT2D eigenvalue weighted by Gasteiger charge is 2.11. The van der Waals surface area contributed by atoms with Gasteiger partial charge in [-0.15, -0.1) is 0 Å². The van der Waals surface area contributed by atoms with Gasteiger partial charge in [-0.1, -0.05) is 30.3 Å². The van der Waals surface area contributed by atoms with Gasteiger partial charge in [0, 0.05) is 19.8 Å². The number of H-pyrrole nitrogens is 1. The standard InChI is InChI=1S/C13H13N3O3/c1-16-8-10(12(18)15-13(16)19)11(17)14-7-9-5-3-2-4-6-9/h2-6,8H,7H2,1H3,(H,14,17)(H,15,18,19). The minimum absolute atomic E-state index is 0.0852. The highest BCUT2D eigenvalue weighted by atomic mass is 16.2. The third-order valence-corrected chi connectivity index (χ3v) is 2.65. The Labute approximate surface area is 108 Å². The van der Waals surface area contributed by atoms with Crippen LogP contribution in [0.3, 0.4) is 0 Å². The number of rotatable bonds is 3. The second kappa shape index (κ2) is 5.34. The number of carbonyl (C=O) groups is 1. The Morgan fingerprint density at radius 3 is 2.63 bits per heavy atom. The van der Waals surface area contributed by atoms with E-state index in [1.807, 2.05) is 30.3 Å². The molecule has 0 fully saturated rings. The monoisotopic (exact) mass is 259 g/mol. The number of aromatic nitrogens is 2. The summed E-state index contributed by atoms with van der Waals surface area (Å²) in [6, 6.07) is 9.33. The van der Waals surface area contributed by atoms with Crippen molar-refractivity contribution in [1.29, 1.82) is 0 Å². The summed E-state index contributed by atoms with van der Waals surface area (Å²) in [4.78, 5) is 36.6. The average Bonchev–Trinajstić information content (AvgIpc) is 2.41. The molecule has 0 atom stereocenters. The summed E-state index contributed by atoms with van der Waals surface area (Å²) in [7, 11) is 1.46. The molecule has 2 aromatic rings. The van der Waals surface area contributed by atoms with Crippen LogP contribution in [0.25, 0.3) is 0 Å². The van der Waals surface area contributed by atoms with Crippen LogP contribution in [-0.2, 0) is 13.6 Å². The molecule has 0 saturated carbocycles. The Bertz CT molecular complexity index is 701. The first-order valence-electron chi connectivity index (χ1n) is 5.70. The van der Waals surface area contributed by atoms with Crippen molar-refractivity contribution in [3.05, 3.63) is 68.5 Å². The number of nitrogens with zero attached hydrogens (tertiary/aromatic N) is 1. The van der Waals surface area contributed by atoms with Crippen molar-refractivity contribution in [3.8, 4) is 0 Å². The van der Waals surface area contributed by atoms with Gasteiger partial charge in [-0.05, 0) is 5.56 Å². The number of nitrogens with one attached hydrogen (secondary N) is 2. The van der Waals surface area contributed by atoms with E-state index in [-0.39, 0.29) is 5.56 Å². The summed E-state index contributed by atoms with van der Waals surface area (Å²) in [5, 5.41) is 2.63. The lowest BCUT2D eigenvalue weighted by Gasteiger charge is -2.05. The van der Waals surface area contributed by atoms with Crippen molar-refractivity contribution in [2.24, 2.45) is 7.05 Å². The van der Waals surface area contributed by atoms with E-state index in [1.165, 1.54) is 13.2 Å². The molecule has 0 spiro atoms. The molecule has 98 valence electrons. The molecule has 0 aliphatic rings. The van der Waals surface area contributed by atoms with Crippen LogP contribution in [0.5, 0.6) is 0 Å². The molecule has 2 N–H and O–H groups in total. The van der Waals surface area contributed by atoms with Crippen LogP contribution in [0.2, 0.25) is 0 Å². The van der Waals surface area contributed by atoms with Crippen molar-refractivity contribution in [2.75, 3.05) is 0 Å². The molecule has 0 unspecified atom stereocenters. The summed E-state index contributed by atoms with van der Waals surface area (Å²) < 4.78 is 1.15. The SMILES string of the molecule is Cn1cc(C(=O)NCc2ccccc2)c(=O)[nH]c1=O. The Morgan fingerprint density at radius 1 is 1.26 bits per heavy atom. The minimum atomic E-state index is -0.686. The van der Waals surface area contributed by atoms with Crippen molar-refractivity contribution >= 4 is 5.91 Å². The molecule has 0 saturated heterocycles. The summed E-state index contributed by atoms with van der Waals surface area (Å²) in [5.74, 6) is -0.513. The topological polar surface area (TPSA) is 84.0 Å². The summed E-state index contributed by atoms with van der Waals surface area (Å²) in [6.45, 7) is 0.321. The van der Waals surface area contributed by atoms with Crippen LogP contribution >= 0.6 is 0 Å². The zero-order valence-electron chi connectivity index (χ0n) is 10.3. The lowest BCUT2D eigenvalue weighted by Crippen LogP contribution is -2.35. The first-order valence-corrected chi connectivity index (χ1v) is 5.70. The lowest BCUT2D eigenvalue weighted by atomic mass is 10.2. The van der Waals surface area contributed by atoms with Crippen LogP contribution in [-0.4, -0.2) is 15.5 Å². The molecule has 0 radical (unpaired) electrons. The van der Waals surface area contributed by atoms with E-state index in [2.05, 4.69) is 10.3 Å². The van der Waals surface area contributed by atoms with Crippen LogP contribution in [0.15, 0.2) is 46.1 Å². The molecule has 1 aromatic heterocycles. The van der Waals surface area contributed by atoms with Crippen molar-refractivity contribution in [2.45, 2.75) is 6.54 Å². The van der Waals surface area contributed by atoms with Crippen LogP contribution in [0.1, 0.15) is 15.9 Å². The maximum Gasteiger partial charge on any atom is 0.328 e. The minimum Gasteiger partial charge on any atom is -0.348 e. The lowest BCUT2D eigenvalue weighted by molar-refractivity contribution is 0.0948. The summed E-state index contributed by atoms with van der Waals surface area (Å²) in [5.41, 5.74) is -0.395. The summed E-state index contributed by atoms with van der Waals surface area (Å²) >= 11 is 0. The molecule has 2 rings (SSSR count). The largest absolute Gasteiger partial charge is 0.348 e. The van der Waals surface area contributed by atoms with E-state index < -0.39 is 17.2 Å². The highest BCUT2D eigenvalue weighted by Crippen LogP contribution is 1.98. The van der Waals surface area contributed by atoms with Gasteiger partial charge in [0.2, 0.25) is 0 Å². The van der Waals surface area contributed by atoms with Gasteiger partial charge >= 0.3 is 5.69 Å². The Balaban J connectivity index is 2.15. The fourth-order valence-electron chi connectivity index (χ4n) is 1.60. The molecule has 6 heteroatoms. The fraction of sp³-hybridized carbons (Fsp3) is 0.154. The highest BCUT2D eigenvalue weighted by molar-refractivity contribution is 5.93. The first-order chi connectivity index (χ1) is 9.08. The molecule has 1 aromatic carbocycles. The number of aryl methyl sites for hydroxylation is 1. The van der Waals surface area contributed by atoms with Crippen LogP contribution in [0.4, 0.5) is 0 Å². The van der Waals surface area contributed by atoms with Crippen LogP contribution in [0, 0.1) is 0 Å². The van der Waals surface area contributed by atoms with Gasteiger partial charge in [-0.25, -0.2) is 4.79 Å². The van der Waals surface area contributed by atoms with Crippen LogP contribution < -0.4 is 16.6 Å². The Hall–Kier alpha value is -2.63. The Kier molecular flexibility index (Phi) is 3.61. The fourth-order valence-corrected chi connectivity index (χ4v) is 1.60. The predicted octanol–water partition coefficient (Wildman–Crippen LogP) is 0.00360. The molecule has 0 aliphatic heterocycles. The molecule has 6 nitrogen and oxygen atoms in total. The molecule has 0 aliphatic carbocycles. The smallest absolute Gasteiger partial charge is 0.328 e. The van der Waals surface area contributed by atoms with Gasteiger partial charge in [-0.2, -0.15) is 0 Å². The Morgan fingerprint density at radius 2 is 1.95 bits per heavy atom.